The van der Waals surface area contributed by atoms with Gasteiger partial charge < -0.3 is 0 Å². The van der Waals surface area contributed by atoms with E-state index in [1.807, 2.05) is 0 Å². The molecule has 1 atom stereocenters. The summed E-state index contributed by atoms with van der Waals surface area (Å²) in [7, 11) is 0. The van der Waals surface area contributed by atoms with Gasteiger partial charge in [-0.3, -0.25) is 14.5 Å². The quantitative estimate of drug-likeness (QED) is 0.570. The predicted molar refractivity (Wildman–Crippen MR) is 56.1 cm³/mol. The average molecular weight is 257 g/mol. The lowest BCUT2D eigenvalue weighted by Gasteiger charge is -2.14. The molecule has 1 unspecified atom stereocenters. The van der Waals surface area contributed by atoms with Crippen LogP contribution in [0.5, 0.6) is 0 Å². The van der Waals surface area contributed by atoms with Gasteiger partial charge in [0, 0.05) is 18.5 Å². The van der Waals surface area contributed by atoms with E-state index in [-0.39, 0.29) is 24.4 Å². The smallest absolute Gasteiger partial charge is 0.260 e. The number of rotatable bonds is 1. The zero-order chi connectivity index (χ0) is 13.4. The number of nitrogens with zero attached hydrogens (tertiary/aromatic N) is 1. The van der Waals surface area contributed by atoms with Crippen LogP contribution in [-0.4, -0.2) is 23.3 Å². The Labute approximate surface area is 101 Å². The monoisotopic (exact) mass is 257 g/mol. The Bertz CT molecular complexity index is 507. The Morgan fingerprint density at radius 2 is 1.83 bits per heavy atom. The molecule has 0 spiro atoms. The topological polar surface area (TPSA) is 37.4 Å². The van der Waals surface area contributed by atoms with Gasteiger partial charge in [0.1, 0.15) is 0 Å². The van der Waals surface area contributed by atoms with Crippen LogP contribution in [0.15, 0.2) is 12.1 Å². The van der Waals surface area contributed by atoms with Gasteiger partial charge in [-0.1, -0.05) is 6.92 Å². The van der Waals surface area contributed by atoms with E-state index < -0.39 is 29.3 Å². The van der Waals surface area contributed by atoms with E-state index in [2.05, 4.69) is 0 Å². The molecule has 0 aromatic heterocycles. The maximum atomic E-state index is 13.0. The predicted octanol–water partition coefficient (Wildman–Crippen LogP) is 2.11. The summed E-state index contributed by atoms with van der Waals surface area (Å²) >= 11 is 0. The Hall–Kier alpha value is -1.85. The molecule has 1 aromatic rings. The molecule has 1 aliphatic heterocycles. The molecular formula is C12H10F3NO2. The molecule has 0 bridgehead atoms. The lowest BCUT2D eigenvalue weighted by atomic mass is 10.1. The third-order valence-electron chi connectivity index (χ3n) is 2.79. The van der Waals surface area contributed by atoms with Crippen molar-refractivity contribution in [3.8, 4) is 0 Å². The molecule has 0 N–H and O–H groups in total. The van der Waals surface area contributed by atoms with Crippen molar-refractivity contribution >= 4 is 11.8 Å². The molecule has 1 aromatic carbocycles. The van der Waals surface area contributed by atoms with Crippen molar-refractivity contribution in [2.45, 2.75) is 13.3 Å². The lowest BCUT2D eigenvalue weighted by molar-refractivity contribution is -0.125. The summed E-state index contributed by atoms with van der Waals surface area (Å²) in [6.45, 7) is 2.00. The minimum Gasteiger partial charge on any atom is -0.278 e. The van der Waals surface area contributed by atoms with E-state index in [1.165, 1.54) is 0 Å². The first-order chi connectivity index (χ1) is 8.40. The van der Waals surface area contributed by atoms with Crippen LogP contribution in [-0.2, 0) is 4.79 Å². The molecule has 18 heavy (non-hydrogen) atoms. The van der Waals surface area contributed by atoms with Gasteiger partial charge in [0.15, 0.2) is 17.5 Å². The highest BCUT2D eigenvalue weighted by Gasteiger charge is 2.32. The molecule has 0 saturated carbocycles. The molecule has 6 heteroatoms. The molecule has 2 amide bonds. The van der Waals surface area contributed by atoms with Crippen LogP contribution in [0.2, 0.25) is 0 Å². The molecule has 2 rings (SSSR count). The molecule has 3 nitrogen and oxygen atoms in total. The van der Waals surface area contributed by atoms with Gasteiger partial charge in [-0.05, 0) is 18.1 Å². The first kappa shape index (κ1) is 12.6. The highest BCUT2D eigenvalue weighted by atomic mass is 19.2. The number of carbonyl (C=O) groups is 2. The van der Waals surface area contributed by atoms with Crippen LogP contribution in [0.4, 0.5) is 13.2 Å². The number of benzene rings is 1. The van der Waals surface area contributed by atoms with Gasteiger partial charge in [-0.15, -0.1) is 0 Å². The zero-order valence-corrected chi connectivity index (χ0v) is 9.54. The normalized spacial score (nSPS) is 19.4. The second kappa shape index (κ2) is 4.44. The third-order valence-corrected chi connectivity index (χ3v) is 2.79. The summed E-state index contributed by atoms with van der Waals surface area (Å²) in [5, 5.41) is 0. The van der Waals surface area contributed by atoms with Gasteiger partial charge in [-0.25, -0.2) is 13.2 Å². The minimum absolute atomic E-state index is 0.0107. The number of hydrogen-bond acceptors (Lipinski definition) is 2. The van der Waals surface area contributed by atoms with Crippen LogP contribution in [0.3, 0.4) is 0 Å². The van der Waals surface area contributed by atoms with Gasteiger partial charge in [0.2, 0.25) is 5.91 Å². The number of halogens is 3. The number of carbonyl (C=O) groups excluding carboxylic acids is 2. The van der Waals surface area contributed by atoms with Crippen molar-refractivity contribution in [3.63, 3.8) is 0 Å². The van der Waals surface area contributed by atoms with Crippen LogP contribution in [0.25, 0.3) is 0 Å². The number of likely N-dealkylation sites (tertiary alicyclic amines) is 1. The molecule has 96 valence electrons. The summed E-state index contributed by atoms with van der Waals surface area (Å²) < 4.78 is 38.7. The minimum atomic E-state index is -1.63. The summed E-state index contributed by atoms with van der Waals surface area (Å²) in [5.41, 5.74) is -0.367. The van der Waals surface area contributed by atoms with Crippen LogP contribution < -0.4 is 0 Å². The summed E-state index contributed by atoms with van der Waals surface area (Å²) in [4.78, 5) is 24.3. The number of hydrogen-bond donors (Lipinski definition) is 0. The largest absolute Gasteiger partial charge is 0.278 e. The van der Waals surface area contributed by atoms with Gasteiger partial charge in [-0.2, -0.15) is 0 Å². The van der Waals surface area contributed by atoms with E-state index in [0.717, 1.165) is 4.90 Å². The van der Waals surface area contributed by atoms with Gasteiger partial charge in [0.25, 0.3) is 5.91 Å². The summed E-state index contributed by atoms with van der Waals surface area (Å²) in [5.74, 6) is -5.71. The molecule has 1 saturated heterocycles. The maximum Gasteiger partial charge on any atom is 0.260 e. The Morgan fingerprint density at radius 1 is 1.28 bits per heavy atom. The zero-order valence-electron chi connectivity index (χ0n) is 9.54. The summed E-state index contributed by atoms with van der Waals surface area (Å²) in [6.07, 6.45) is 0.220. The number of imide groups is 1. The lowest BCUT2D eigenvalue weighted by Crippen LogP contribution is -2.32. The highest BCUT2D eigenvalue weighted by molar-refractivity contribution is 6.05. The van der Waals surface area contributed by atoms with E-state index in [1.54, 1.807) is 6.92 Å². The summed E-state index contributed by atoms with van der Waals surface area (Å²) in [6, 6.07) is 1.19. The van der Waals surface area contributed by atoms with Crippen LogP contribution in [0, 0.1) is 23.4 Å². The van der Waals surface area contributed by atoms with Gasteiger partial charge >= 0.3 is 0 Å². The second-order valence-corrected chi connectivity index (χ2v) is 4.37. The first-order valence-corrected chi connectivity index (χ1v) is 5.39. The molecule has 1 heterocycles. The van der Waals surface area contributed by atoms with Crippen molar-refractivity contribution in [3.05, 3.63) is 35.1 Å². The van der Waals surface area contributed by atoms with E-state index in [4.69, 9.17) is 0 Å². The van der Waals surface area contributed by atoms with E-state index in [0.29, 0.717) is 12.1 Å². The van der Waals surface area contributed by atoms with Gasteiger partial charge in [0.05, 0.1) is 0 Å². The SMILES string of the molecule is CC1CC(=O)N(C(=O)c2cc(F)c(F)c(F)c2)C1. The Balaban J connectivity index is 2.32. The molecule has 0 aliphatic carbocycles. The fourth-order valence-corrected chi connectivity index (χ4v) is 1.92. The van der Waals surface area contributed by atoms with Crippen molar-refractivity contribution in [1.29, 1.82) is 0 Å². The highest BCUT2D eigenvalue weighted by Crippen LogP contribution is 2.21. The van der Waals surface area contributed by atoms with Crippen LogP contribution in [0.1, 0.15) is 23.7 Å². The van der Waals surface area contributed by atoms with Crippen molar-refractivity contribution in [1.82, 2.24) is 4.90 Å². The molecule has 0 radical (unpaired) electrons. The number of amides is 2. The van der Waals surface area contributed by atoms with Crippen molar-refractivity contribution in [2.24, 2.45) is 5.92 Å². The average Bonchev–Trinajstić information content (AvgIpc) is 2.63. The Morgan fingerprint density at radius 3 is 2.28 bits per heavy atom. The first-order valence-electron chi connectivity index (χ1n) is 5.39. The third kappa shape index (κ3) is 2.10. The standard InChI is InChI=1S/C12H10F3NO2/c1-6-2-10(17)16(5-6)12(18)7-3-8(13)11(15)9(14)4-7/h3-4,6H,2,5H2,1H3. The molecule has 1 aliphatic rings. The fourth-order valence-electron chi connectivity index (χ4n) is 1.92. The van der Waals surface area contributed by atoms with E-state index >= 15 is 0 Å². The molecular weight excluding hydrogens is 247 g/mol. The molecule has 1 fully saturated rings. The van der Waals surface area contributed by atoms with Crippen molar-refractivity contribution < 1.29 is 22.8 Å². The maximum absolute atomic E-state index is 13.0. The van der Waals surface area contributed by atoms with E-state index in [9.17, 15) is 22.8 Å². The second-order valence-electron chi connectivity index (χ2n) is 4.37. The fraction of sp³-hybridized carbons (Fsp3) is 0.333. The van der Waals surface area contributed by atoms with Crippen molar-refractivity contribution in [2.75, 3.05) is 6.54 Å². The Kier molecular flexibility index (Phi) is 3.11. The van der Waals surface area contributed by atoms with Crippen LogP contribution >= 0.6 is 0 Å².